The molecule has 1 amide bonds. The molecule has 1 heterocycles. The van der Waals surface area contributed by atoms with Crippen LogP contribution in [0.2, 0.25) is 0 Å². The number of nitrogens with one attached hydrogen (secondary N) is 2. The molecule has 0 bridgehead atoms. The highest BCUT2D eigenvalue weighted by Gasteiger charge is 2.27. The third-order valence-corrected chi connectivity index (χ3v) is 3.75. The maximum atomic E-state index is 11.7. The highest BCUT2D eigenvalue weighted by Crippen LogP contribution is 2.08. The fourth-order valence-corrected chi connectivity index (χ4v) is 2.51. The lowest BCUT2D eigenvalue weighted by molar-refractivity contribution is -0.122. The molecule has 1 aliphatic heterocycles. The average molecular weight is 270 g/mol. The van der Waals surface area contributed by atoms with Crippen LogP contribution in [0.15, 0.2) is 0 Å². The van der Waals surface area contributed by atoms with Crippen LogP contribution in [-0.2, 0) is 4.79 Å². The molecular formula is C15H30N2O2. The van der Waals surface area contributed by atoms with Crippen LogP contribution < -0.4 is 10.6 Å². The summed E-state index contributed by atoms with van der Waals surface area (Å²) in [7, 11) is 0. The zero-order valence-electron chi connectivity index (χ0n) is 12.3. The third kappa shape index (κ3) is 7.53. The Kier molecular flexibility index (Phi) is 8.84. The van der Waals surface area contributed by atoms with Gasteiger partial charge in [0.15, 0.2) is 0 Å². The molecule has 0 spiro atoms. The summed E-state index contributed by atoms with van der Waals surface area (Å²) < 4.78 is 0. The van der Waals surface area contributed by atoms with Crippen LogP contribution >= 0.6 is 0 Å². The van der Waals surface area contributed by atoms with Crippen molar-refractivity contribution in [1.29, 1.82) is 0 Å². The molecule has 2 atom stereocenters. The normalized spacial score (nSPS) is 22.6. The first-order valence-corrected chi connectivity index (χ1v) is 7.93. The fourth-order valence-electron chi connectivity index (χ4n) is 2.51. The van der Waals surface area contributed by atoms with Gasteiger partial charge in [0.1, 0.15) is 0 Å². The summed E-state index contributed by atoms with van der Waals surface area (Å²) in [6.07, 6.45) is 10.4. The minimum atomic E-state index is -0.362. The zero-order chi connectivity index (χ0) is 13.9. The Hall–Kier alpha value is -0.610. The van der Waals surface area contributed by atoms with Crippen molar-refractivity contribution < 1.29 is 9.90 Å². The summed E-state index contributed by atoms with van der Waals surface area (Å²) >= 11 is 0. The lowest BCUT2D eigenvalue weighted by Gasteiger charge is -2.10. The Balaban J connectivity index is 1.86. The Labute approximate surface area is 117 Å². The van der Waals surface area contributed by atoms with E-state index in [1.807, 2.05) is 0 Å². The number of hydrogen-bond acceptors (Lipinski definition) is 3. The van der Waals surface area contributed by atoms with E-state index in [-0.39, 0.29) is 18.1 Å². The van der Waals surface area contributed by atoms with Crippen molar-refractivity contribution in [3.63, 3.8) is 0 Å². The van der Waals surface area contributed by atoms with Gasteiger partial charge in [0.2, 0.25) is 5.91 Å². The van der Waals surface area contributed by atoms with Crippen molar-refractivity contribution in [2.75, 3.05) is 13.1 Å². The largest absolute Gasteiger partial charge is 0.392 e. The Morgan fingerprint density at radius 2 is 1.79 bits per heavy atom. The van der Waals surface area contributed by atoms with Crippen LogP contribution in [0.25, 0.3) is 0 Å². The Bertz CT molecular complexity index is 246. The quantitative estimate of drug-likeness (QED) is 0.532. The SMILES string of the molecule is CCCCCCCCCCNC(=O)C1CC(O)CN1. The summed E-state index contributed by atoms with van der Waals surface area (Å²) in [5.74, 6) is 0.0412. The van der Waals surface area contributed by atoms with Crippen LogP contribution in [0.4, 0.5) is 0 Å². The van der Waals surface area contributed by atoms with Crippen molar-refractivity contribution in [1.82, 2.24) is 10.6 Å². The molecule has 0 saturated carbocycles. The number of aliphatic hydroxyl groups excluding tert-OH is 1. The van der Waals surface area contributed by atoms with E-state index in [4.69, 9.17) is 0 Å². The van der Waals surface area contributed by atoms with Gasteiger partial charge in [-0.15, -0.1) is 0 Å². The van der Waals surface area contributed by atoms with Gasteiger partial charge in [-0.3, -0.25) is 4.79 Å². The topological polar surface area (TPSA) is 61.4 Å². The second kappa shape index (κ2) is 10.2. The molecule has 1 saturated heterocycles. The van der Waals surface area contributed by atoms with E-state index in [0.29, 0.717) is 13.0 Å². The summed E-state index contributed by atoms with van der Waals surface area (Å²) in [6.45, 7) is 3.54. The number of aliphatic hydroxyl groups is 1. The van der Waals surface area contributed by atoms with E-state index >= 15 is 0 Å². The number of amides is 1. The van der Waals surface area contributed by atoms with E-state index in [1.165, 1.54) is 44.9 Å². The standard InChI is InChI=1S/C15H30N2O2/c1-2-3-4-5-6-7-8-9-10-16-15(19)14-11-13(18)12-17-14/h13-14,17-18H,2-12H2,1H3,(H,16,19). The van der Waals surface area contributed by atoms with Crippen LogP contribution in [-0.4, -0.2) is 36.2 Å². The fraction of sp³-hybridized carbons (Fsp3) is 0.933. The van der Waals surface area contributed by atoms with Crippen LogP contribution in [0, 0.1) is 0 Å². The molecule has 2 unspecified atom stereocenters. The lowest BCUT2D eigenvalue weighted by Crippen LogP contribution is -2.40. The number of β-amino-alcohol motifs (C(OH)–C–C–N with tert-alkyl or cyclic N) is 1. The minimum absolute atomic E-state index is 0.0412. The van der Waals surface area contributed by atoms with E-state index in [9.17, 15) is 9.90 Å². The number of hydrogen-bond donors (Lipinski definition) is 3. The minimum Gasteiger partial charge on any atom is -0.392 e. The molecule has 0 aliphatic carbocycles. The summed E-state index contributed by atoms with van der Waals surface area (Å²) in [4.78, 5) is 11.7. The van der Waals surface area contributed by atoms with E-state index in [2.05, 4.69) is 17.6 Å². The summed E-state index contributed by atoms with van der Waals surface area (Å²) in [5.41, 5.74) is 0. The van der Waals surface area contributed by atoms with Gasteiger partial charge in [-0.2, -0.15) is 0 Å². The van der Waals surface area contributed by atoms with Gasteiger partial charge in [0.05, 0.1) is 12.1 Å². The van der Waals surface area contributed by atoms with Crippen molar-refractivity contribution in [2.24, 2.45) is 0 Å². The monoisotopic (exact) mass is 270 g/mol. The molecule has 3 N–H and O–H groups in total. The molecule has 0 aromatic rings. The maximum Gasteiger partial charge on any atom is 0.237 e. The molecule has 112 valence electrons. The van der Waals surface area contributed by atoms with Crippen LogP contribution in [0.1, 0.15) is 64.7 Å². The molecule has 4 heteroatoms. The molecule has 0 radical (unpaired) electrons. The van der Waals surface area contributed by atoms with Crippen molar-refractivity contribution in [3.8, 4) is 0 Å². The van der Waals surface area contributed by atoms with E-state index in [0.717, 1.165) is 13.0 Å². The number of rotatable bonds is 10. The van der Waals surface area contributed by atoms with Crippen LogP contribution in [0.3, 0.4) is 0 Å². The van der Waals surface area contributed by atoms with Gasteiger partial charge >= 0.3 is 0 Å². The van der Waals surface area contributed by atoms with Crippen molar-refractivity contribution in [3.05, 3.63) is 0 Å². The molecule has 0 aromatic carbocycles. The van der Waals surface area contributed by atoms with Gasteiger partial charge in [-0.1, -0.05) is 51.9 Å². The predicted molar refractivity (Wildman–Crippen MR) is 78.0 cm³/mol. The first kappa shape index (κ1) is 16.4. The van der Waals surface area contributed by atoms with E-state index < -0.39 is 0 Å². The predicted octanol–water partition coefficient (Wildman–Crippen LogP) is 1.97. The molecule has 1 fully saturated rings. The van der Waals surface area contributed by atoms with Crippen LogP contribution in [0.5, 0.6) is 0 Å². The second-order valence-corrected chi connectivity index (χ2v) is 5.62. The molecule has 4 nitrogen and oxygen atoms in total. The zero-order valence-corrected chi connectivity index (χ0v) is 12.3. The molecule has 19 heavy (non-hydrogen) atoms. The smallest absolute Gasteiger partial charge is 0.237 e. The summed E-state index contributed by atoms with van der Waals surface area (Å²) in [5, 5.41) is 15.3. The van der Waals surface area contributed by atoms with Gasteiger partial charge < -0.3 is 15.7 Å². The first-order valence-electron chi connectivity index (χ1n) is 7.93. The highest BCUT2D eigenvalue weighted by atomic mass is 16.3. The number of carbonyl (C=O) groups is 1. The number of carbonyl (C=O) groups excluding carboxylic acids is 1. The summed E-state index contributed by atoms with van der Waals surface area (Å²) in [6, 6.07) is -0.191. The van der Waals surface area contributed by atoms with E-state index in [1.54, 1.807) is 0 Å². The first-order chi connectivity index (χ1) is 9.24. The van der Waals surface area contributed by atoms with Gasteiger partial charge in [0, 0.05) is 13.1 Å². The molecule has 1 aliphatic rings. The molecule has 1 rings (SSSR count). The Morgan fingerprint density at radius 3 is 2.37 bits per heavy atom. The Morgan fingerprint density at radius 1 is 1.16 bits per heavy atom. The average Bonchev–Trinajstić information content (AvgIpc) is 2.83. The maximum absolute atomic E-state index is 11.7. The highest BCUT2D eigenvalue weighted by molar-refractivity contribution is 5.82. The molecule has 0 aromatic heterocycles. The van der Waals surface area contributed by atoms with Gasteiger partial charge in [0.25, 0.3) is 0 Å². The van der Waals surface area contributed by atoms with Gasteiger partial charge in [-0.25, -0.2) is 0 Å². The number of unbranched alkanes of at least 4 members (excludes halogenated alkanes) is 7. The van der Waals surface area contributed by atoms with Gasteiger partial charge in [-0.05, 0) is 12.8 Å². The lowest BCUT2D eigenvalue weighted by atomic mass is 10.1. The van der Waals surface area contributed by atoms with Crippen molar-refractivity contribution in [2.45, 2.75) is 76.9 Å². The second-order valence-electron chi connectivity index (χ2n) is 5.62. The van der Waals surface area contributed by atoms with Crippen molar-refractivity contribution >= 4 is 5.91 Å². The third-order valence-electron chi connectivity index (χ3n) is 3.75. The molecular weight excluding hydrogens is 240 g/mol.